The summed E-state index contributed by atoms with van der Waals surface area (Å²) >= 11 is 0. The lowest BCUT2D eigenvalue weighted by Crippen LogP contribution is -2.57. The van der Waals surface area contributed by atoms with E-state index in [0.717, 1.165) is 0 Å². The van der Waals surface area contributed by atoms with E-state index < -0.39 is 30.0 Å². The van der Waals surface area contributed by atoms with Gasteiger partial charge in [0.1, 0.15) is 11.6 Å². The summed E-state index contributed by atoms with van der Waals surface area (Å²) < 4.78 is 43.4. The van der Waals surface area contributed by atoms with Crippen LogP contribution in [0.4, 0.5) is 18.0 Å². The highest BCUT2D eigenvalue weighted by atomic mass is 19.4. The molecule has 1 aliphatic rings. The molecule has 0 aromatic carbocycles. The van der Waals surface area contributed by atoms with Gasteiger partial charge in [-0.05, 0) is 33.6 Å². The molecule has 1 aliphatic heterocycles. The predicted molar refractivity (Wildman–Crippen MR) is 60.0 cm³/mol. The van der Waals surface area contributed by atoms with Gasteiger partial charge in [-0.15, -0.1) is 0 Å². The summed E-state index contributed by atoms with van der Waals surface area (Å²) in [6.07, 6.45) is -5.33. The number of alkyl halides is 3. The van der Waals surface area contributed by atoms with Crippen LogP contribution < -0.4 is 5.73 Å². The topological polar surface area (TPSA) is 55.6 Å². The molecule has 0 aliphatic carbocycles. The zero-order chi connectivity index (χ0) is 14.1. The molecule has 1 fully saturated rings. The number of hydrogen-bond acceptors (Lipinski definition) is 3. The van der Waals surface area contributed by atoms with Crippen molar-refractivity contribution >= 4 is 6.09 Å². The molecule has 7 heteroatoms. The molecule has 1 heterocycles. The summed E-state index contributed by atoms with van der Waals surface area (Å²) in [5.74, 6) is 0. The molecule has 106 valence electrons. The van der Waals surface area contributed by atoms with E-state index in [1.165, 1.54) is 0 Å². The van der Waals surface area contributed by atoms with E-state index in [4.69, 9.17) is 10.5 Å². The second-order valence-corrected chi connectivity index (χ2v) is 5.53. The Morgan fingerprint density at radius 2 is 1.83 bits per heavy atom. The van der Waals surface area contributed by atoms with E-state index in [1.54, 1.807) is 20.8 Å². The molecule has 0 bridgehead atoms. The number of carbonyl (C=O) groups is 1. The number of likely N-dealkylation sites (tertiary alicyclic amines) is 1. The minimum atomic E-state index is -4.45. The first-order valence-electron chi connectivity index (χ1n) is 5.82. The molecule has 1 saturated heterocycles. The fourth-order valence-corrected chi connectivity index (χ4v) is 1.86. The molecule has 2 atom stereocenters. The summed E-state index contributed by atoms with van der Waals surface area (Å²) in [4.78, 5) is 12.5. The van der Waals surface area contributed by atoms with Crippen molar-refractivity contribution in [3.63, 3.8) is 0 Å². The molecule has 0 spiro atoms. The number of carbonyl (C=O) groups excluding carboxylic acids is 1. The molecule has 0 aromatic rings. The van der Waals surface area contributed by atoms with Gasteiger partial charge in [0.25, 0.3) is 0 Å². The van der Waals surface area contributed by atoms with Crippen molar-refractivity contribution in [1.82, 2.24) is 4.90 Å². The minimum absolute atomic E-state index is 0.126. The van der Waals surface area contributed by atoms with Gasteiger partial charge in [0, 0.05) is 12.6 Å². The Labute approximate surface area is 104 Å². The van der Waals surface area contributed by atoms with Crippen molar-refractivity contribution in [2.24, 2.45) is 5.73 Å². The number of nitrogens with zero attached hydrogens (tertiary/aromatic N) is 1. The molecule has 1 amide bonds. The Balaban J connectivity index is 2.82. The quantitative estimate of drug-likeness (QED) is 0.733. The van der Waals surface area contributed by atoms with Crippen molar-refractivity contribution in [2.75, 3.05) is 6.54 Å². The molecule has 18 heavy (non-hydrogen) atoms. The van der Waals surface area contributed by atoms with Gasteiger partial charge >= 0.3 is 12.3 Å². The van der Waals surface area contributed by atoms with Crippen LogP contribution in [0.25, 0.3) is 0 Å². The van der Waals surface area contributed by atoms with Crippen LogP contribution in [-0.2, 0) is 4.74 Å². The number of piperidine rings is 1. The van der Waals surface area contributed by atoms with Gasteiger partial charge in [0.15, 0.2) is 0 Å². The van der Waals surface area contributed by atoms with Gasteiger partial charge in [-0.25, -0.2) is 4.79 Å². The highest BCUT2D eigenvalue weighted by Gasteiger charge is 2.48. The van der Waals surface area contributed by atoms with Crippen LogP contribution in [-0.4, -0.2) is 41.4 Å². The number of amides is 1. The van der Waals surface area contributed by atoms with Crippen molar-refractivity contribution in [3.8, 4) is 0 Å². The molecule has 0 aromatic heterocycles. The second kappa shape index (κ2) is 4.95. The first-order valence-corrected chi connectivity index (χ1v) is 5.82. The minimum Gasteiger partial charge on any atom is -0.444 e. The van der Waals surface area contributed by atoms with E-state index in [1.807, 2.05) is 0 Å². The van der Waals surface area contributed by atoms with Crippen molar-refractivity contribution in [3.05, 3.63) is 0 Å². The number of rotatable bonds is 0. The van der Waals surface area contributed by atoms with Gasteiger partial charge in [0.05, 0.1) is 0 Å². The standard InChI is InChI=1S/C11H19F3N2O2/c1-10(2,3)18-9(17)16-6-7(15)4-5-8(16)11(12,13)14/h7-8H,4-6,15H2,1-3H3. The molecular formula is C11H19F3N2O2. The number of nitrogens with two attached hydrogens (primary N) is 1. The molecule has 2 N–H and O–H groups in total. The maximum atomic E-state index is 12.8. The molecule has 0 saturated carbocycles. The Morgan fingerprint density at radius 1 is 1.28 bits per heavy atom. The fraction of sp³-hybridized carbons (Fsp3) is 0.909. The van der Waals surface area contributed by atoms with E-state index in [0.29, 0.717) is 4.90 Å². The molecule has 0 radical (unpaired) electrons. The van der Waals surface area contributed by atoms with Crippen LogP contribution in [0.2, 0.25) is 0 Å². The van der Waals surface area contributed by atoms with Crippen LogP contribution >= 0.6 is 0 Å². The maximum Gasteiger partial charge on any atom is 0.410 e. The maximum absolute atomic E-state index is 12.8. The van der Waals surface area contributed by atoms with E-state index in [2.05, 4.69) is 0 Å². The van der Waals surface area contributed by atoms with Crippen molar-refractivity contribution < 1.29 is 22.7 Å². The lowest BCUT2D eigenvalue weighted by Gasteiger charge is -2.39. The Kier molecular flexibility index (Phi) is 4.15. The first kappa shape index (κ1) is 15.1. The zero-order valence-electron chi connectivity index (χ0n) is 10.8. The number of halogens is 3. The van der Waals surface area contributed by atoms with Crippen LogP contribution in [0.15, 0.2) is 0 Å². The monoisotopic (exact) mass is 268 g/mol. The fourth-order valence-electron chi connectivity index (χ4n) is 1.86. The molecular weight excluding hydrogens is 249 g/mol. The van der Waals surface area contributed by atoms with Gasteiger partial charge in [-0.2, -0.15) is 13.2 Å². The van der Waals surface area contributed by atoms with Gasteiger partial charge in [0.2, 0.25) is 0 Å². The Bertz CT molecular complexity index is 312. The van der Waals surface area contributed by atoms with Gasteiger partial charge in [-0.3, -0.25) is 4.90 Å². The Morgan fingerprint density at radius 3 is 2.28 bits per heavy atom. The van der Waals surface area contributed by atoms with Gasteiger partial charge < -0.3 is 10.5 Å². The smallest absolute Gasteiger partial charge is 0.410 e. The third kappa shape index (κ3) is 4.04. The van der Waals surface area contributed by atoms with E-state index in [9.17, 15) is 18.0 Å². The summed E-state index contributed by atoms with van der Waals surface area (Å²) in [6, 6.07) is -2.23. The summed E-state index contributed by atoms with van der Waals surface area (Å²) in [6.45, 7) is 4.70. The van der Waals surface area contributed by atoms with E-state index >= 15 is 0 Å². The second-order valence-electron chi connectivity index (χ2n) is 5.53. The van der Waals surface area contributed by atoms with Crippen LogP contribution in [0, 0.1) is 0 Å². The van der Waals surface area contributed by atoms with Crippen LogP contribution in [0.3, 0.4) is 0 Å². The molecule has 2 unspecified atom stereocenters. The lowest BCUT2D eigenvalue weighted by molar-refractivity contribution is -0.188. The summed E-state index contributed by atoms with van der Waals surface area (Å²) in [5, 5.41) is 0. The summed E-state index contributed by atoms with van der Waals surface area (Å²) in [5.41, 5.74) is 4.79. The molecule has 4 nitrogen and oxygen atoms in total. The number of hydrogen-bond donors (Lipinski definition) is 1. The van der Waals surface area contributed by atoms with Gasteiger partial charge in [-0.1, -0.05) is 0 Å². The average molecular weight is 268 g/mol. The van der Waals surface area contributed by atoms with Crippen molar-refractivity contribution in [1.29, 1.82) is 0 Å². The Hall–Kier alpha value is -0.980. The molecule has 1 rings (SSSR count). The average Bonchev–Trinajstić information content (AvgIpc) is 2.12. The summed E-state index contributed by atoms with van der Waals surface area (Å²) in [7, 11) is 0. The predicted octanol–water partition coefficient (Wildman–Crippen LogP) is 2.28. The van der Waals surface area contributed by atoms with E-state index in [-0.39, 0.29) is 19.4 Å². The third-order valence-corrected chi connectivity index (χ3v) is 2.62. The SMILES string of the molecule is CC(C)(C)OC(=O)N1CC(N)CCC1C(F)(F)F. The normalized spacial score (nSPS) is 26.1. The highest BCUT2D eigenvalue weighted by Crippen LogP contribution is 2.32. The van der Waals surface area contributed by atoms with Crippen molar-refractivity contribution in [2.45, 2.75) is 57.5 Å². The highest BCUT2D eigenvalue weighted by molar-refractivity contribution is 5.69. The first-order chi connectivity index (χ1) is 8.00. The lowest BCUT2D eigenvalue weighted by atomic mass is 9.99. The third-order valence-electron chi connectivity index (χ3n) is 2.62. The largest absolute Gasteiger partial charge is 0.444 e. The zero-order valence-corrected chi connectivity index (χ0v) is 10.8. The van der Waals surface area contributed by atoms with Crippen LogP contribution in [0.1, 0.15) is 33.6 Å². The van der Waals surface area contributed by atoms with Crippen LogP contribution in [0.5, 0.6) is 0 Å². The number of ether oxygens (including phenoxy) is 1.